The Morgan fingerprint density at radius 3 is 1.01 bits per heavy atom. The maximum atomic E-state index is 12.6. The number of imide groups is 6. The lowest BCUT2D eigenvalue weighted by molar-refractivity contribution is -0.138. The van der Waals surface area contributed by atoms with Gasteiger partial charge in [0.2, 0.25) is 65.0 Å². The Morgan fingerprint density at radius 2 is 0.675 bits per heavy atom. The molecular weight excluding hydrogens is 1560 g/mol. The van der Waals surface area contributed by atoms with Crippen molar-refractivity contribution < 1.29 is 86.2 Å². The van der Waals surface area contributed by atoms with E-state index < -0.39 is 48.1 Å². The molecule has 6 aromatic carbocycles. The van der Waals surface area contributed by atoms with Crippen LogP contribution in [0.5, 0.6) is 5.75 Å². The number of amides is 18. The molecule has 11 aliphatic rings. The number of benzene rings is 6. The van der Waals surface area contributed by atoms with Crippen molar-refractivity contribution in [1.29, 1.82) is 0 Å². The van der Waals surface area contributed by atoms with E-state index in [0.29, 0.717) is 128 Å². The molecule has 0 bridgehead atoms. The molecule has 6 fully saturated rings. The van der Waals surface area contributed by atoms with E-state index in [4.69, 9.17) is 22.8 Å². The fourth-order valence-corrected chi connectivity index (χ4v) is 17.1. The van der Waals surface area contributed by atoms with Gasteiger partial charge in [-0.15, -0.1) is 6.42 Å². The highest BCUT2D eigenvalue weighted by Gasteiger charge is 2.46. The van der Waals surface area contributed by atoms with E-state index in [1.807, 2.05) is 117 Å². The number of ether oxygens (including phenoxy) is 1. The van der Waals surface area contributed by atoms with Crippen LogP contribution in [0, 0.1) is 74.7 Å². The van der Waals surface area contributed by atoms with Gasteiger partial charge in [-0.05, 0) is 228 Å². The van der Waals surface area contributed by atoms with Gasteiger partial charge >= 0.3 is 6.03 Å². The number of nitrogens with one attached hydrogen (secondary N) is 6. The molecule has 624 valence electrons. The Kier molecular flexibility index (Phi) is 25.6. The number of piperidine rings is 5. The van der Waals surface area contributed by atoms with Crippen LogP contribution in [0.2, 0.25) is 5.02 Å². The third-order valence-corrected chi connectivity index (χ3v) is 23.6. The summed E-state index contributed by atoms with van der Waals surface area (Å²) in [6, 6.07) is 19.5. The molecule has 30 nitrogen and oxygen atoms in total. The monoisotopic (exact) mass is 1650 g/mol. The number of carbonyl (C=O) groups is 17. The van der Waals surface area contributed by atoms with Crippen LogP contribution < -0.4 is 41.5 Å². The lowest BCUT2D eigenvalue weighted by Gasteiger charge is -2.29. The summed E-state index contributed by atoms with van der Waals surface area (Å²) >= 11 is 5.98. The molecule has 6 saturated heterocycles. The van der Waals surface area contributed by atoms with Crippen molar-refractivity contribution in [2.45, 2.75) is 209 Å². The molecule has 11 heterocycles. The first-order valence-electron chi connectivity index (χ1n) is 39.7. The van der Waals surface area contributed by atoms with Crippen LogP contribution in [0.15, 0.2) is 72.8 Å². The van der Waals surface area contributed by atoms with Gasteiger partial charge in [0.25, 0.3) is 29.5 Å². The van der Waals surface area contributed by atoms with Gasteiger partial charge in [0, 0.05) is 116 Å². The second kappa shape index (κ2) is 35.6. The van der Waals surface area contributed by atoms with E-state index in [1.54, 1.807) is 33.9 Å². The van der Waals surface area contributed by atoms with Crippen LogP contribution in [-0.4, -0.2) is 169 Å². The quantitative estimate of drug-likeness (QED) is 0.0640. The number of terminal acetylenes is 1. The van der Waals surface area contributed by atoms with Gasteiger partial charge in [-0.1, -0.05) is 53.8 Å². The molecule has 6 N–H and O–H groups in total. The van der Waals surface area contributed by atoms with Crippen LogP contribution >= 0.6 is 11.6 Å². The minimum absolute atomic E-state index is 0.0992. The zero-order chi connectivity index (χ0) is 86.9. The zero-order valence-corrected chi connectivity index (χ0v) is 69.3. The van der Waals surface area contributed by atoms with Crippen LogP contribution in [0.25, 0.3) is 0 Å². The summed E-state index contributed by atoms with van der Waals surface area (Å²) in [6.07, 6.45) is 9.91. The van der Waals surface area contributed by atoms with Crippen molar-refractivity contribution in [3.8, 4) is 18.1 Å². The minimum Gasteiger partial charge on any atom is -0.495 e. The van der Waals surface area contributed by atoms with Gasteiger partial charge in [0.1, 0.15) is 36.0 Å². The Morgan fingerprint density at radius 1 is 0.367 bits per heavy atom. The topological polar surface area (TPSA) is 391 Å². The first-order chi connectivity index (χ1) is 56.9. The van der Waals surface area contributed by atoms with Crippen LogP contribution in [-0.2, 0) is 91.9 Å². The molecule has 0 radical (unpaired) electrons. The predicted octanol–water partition coefficient (Wildman–Crippen LogP) is 7.35. The van der Waals surface area contributed by atoms with Crippen LogP contribution in [0.1, 0.15) is 218 Å². The highest BCUT2D eigenvalue weighted by molar-refractivity contribution is 6.31. The normalized spacial score (nSPS) is 20.8. The van der Waals surface area contributed by atoms with E-state index >= 15 is 0 Å². The molecule has 31 heteroatoms. The average molecular weight is 1650 g/mol. The van der Waals surface area contributed by atoms with Gasteiger partial charge in [0.05, 0.1) is 12.8 Å². The fourth-order valence-electron chi connectivity index (χ4n) is 16.9. The maximum Gasteiger partial charge on any atom is 0.328 e. The Bertz CT molecular complexity index is 5240. The van der Waals surface area contributed by atoms with Gasteiger partial charge < -0.3 is 29.2 Å². The number of rotatable bonds is 8. The number of carbonyl (C=O) groups excluding carboxylic acids is 17. The summed E-state index contributed by atoms with van der Waals surface area (Å²) in [5.74, 6) is -1.01. The Hall–Kier alpha value is -13.0. The fraction of sp³-hybridized carbons (Fsp3) is 0.382. The zero-order valence-electron chi connectivity index (χ0n) is 68.5. The van der Waals surface area contributed by atoms with Crippen molar-refractivity contribution in [3.05, 3.63) is 195 Å². The van der Waals surface area contributed by atoms with Crippen LogP contribution in [0.3, 0.4) is 0 Å². The largest absolute Gasteiger partial charge is 0.495 e. The summed E-state index contributed by atoms with van der Waals surface area (Å²) in [4.78, 5) is 210. The summed E-state index contributed by atoms with van der Waals surface area (Å²) in [5.41, 5.74) is 19.9. The number of anilines is 1. The highest BCUT2D eigenvalue weighted by atomic mass is 35.5. The lowest BCUT2D eigenvalue weighted by atomic mass is 9.99. The first kappa shape index (κ1) is 86.3. The number of methoxy groups -OCH3 is 1. The number of halogens is 1. The molecule has 0 aliphatic carbocycles. The molecule has 120 heavy (non-hydrogen) atoms. The average Bonchev–Trinajstić information content (AvgIpc) is 1.64. The second-order valence-electron chi connectivity index (χ2n) is 31.6. The molecule has 5 unspecified atom stereocenters. The summed E-state index contributed by atoms with van der Waals surface area (Å²) in [7, 11) is 1.57. The third kappa shape index (κ3) is 18.0. The third-order valence-electron chi connectivity index (χ3n) is 23.4. The standard InChI is InChI=1S/C16H18N2O3.C16H14N2O3.2C15H16N2O3.C14H13ClN2O3.C13H16N2O3/c2*1-3-10-6-9(2)12-8-18(16(21)11(12)7-10)13-4-5-14(19)17-15(13)20;2*1-8-5-9(2)11-7-17(15(20)10(11)6-8)12-3-4-13(18)16-14(12)19;1-7-4-8(15)5-9-10(7)6-17(14(9)20)11-2-3-12(18)16-13(11)19;1-8-6-10(11(18-3)7-9(8)2)15-5-4-12(16)14-13(15)17/h6-7,13H,3-5,8H2,1-2H3,(H,17,19,20);1,6-7,13H,4-5,8H2,2H3,(H,17,19,20);2*5-6,12H,3-4,7H2,1-2H3,(H,16,18,19);4-5,11H,2-3,6H2,1H3,(H,16,18,19);6-7H,4-5H2,1-3H3,(H,14,16,17). The van der Waals surface area contributed by atoms with E-state index in [0.717, 1.165) is 89.9 Å². The van der Waals surface area contributed by atoms with E-state index in [-0.39, 0.29) is 115 Å². The number of hydrogen-bond acceptors (Lipinski definition) is 18. The summed E-state index contributed by atoms with van der Waals surface area (Å²) in [6.45, 7) is 22.2. The molecule has 6 aromatic rings. The SMILES string of the molecule is C#Cc1cc(C)c2c(c1)C(=O)N(C1CCC(=O)NC1=O)C2.CCc1cc(C)c2c(c1)C(=O)N(C1CCC(=O)NC1=O)C2.COc1cc(C)c(C)cc1N1CCC(=O)NC1=O.Cc1cc(C)c2c(c1)C(=O)N(C1CCC(=O)NC1=O)C2.Cc1cc(C)c2c(c1)C(=O)N(C1CCC(=O)NC1=O)C2.Cc1cc(Cl)cc2c1CN(C1CCC(=O)NC1=O)C2=O. The number of nitrogens with zero attached hydrogens (tertiary/aromatic N) is 6. The van der Waals surface area contributed by atoms with Crippen molar-refractivity contribution >= 4 is 118 Å². The van der Waals surface area contributed by atoms with E-state index in [2.05, 4.69) is 50.8 Å². The molecular formula is C89H93ClN12O18. The van der Waals surface area contributed by atoms with Crippen molar-refractivity contribution in [1.82, 2.24) is 56.4 Å². The highest BCUT2D eigenvalue weighted by Crippen LogP contribution is 2.38. The first-order valence-corrected chi connectivity index (χ1v) is 40.1. The van der Waals surface area contributed by atoms with Gasteiger partial charge in [-0.2, -0.15) is 0 Å². The molecule has 18 amide bonds. The molecule has 0 aromatic heterocycles. The van der Waals surface area contributed by atoms with Crippen molar-refractivity contribution in [2.75, 3.05) is 18.6 Å². The second-order valence-corrected chi connectivity index (χ2v) is 32.0. The Labute approximate surface area is 697 Å². The molecule has 17 rings (SSSR count). The minimum atomic E-state index is -0.587. The Balaban J connectivity index is 0.000000132. The van der Waals surface area contributed by atoms with Crippen molar-refractivity contribution in [2.24, 2.45) is 0 Å². The number of fused-ring (bicyclic) bond motifs is 5. The summed E-state index contributed by atoms with van der Waals surface area (Å²) < 4.78 is 5.30. The van der Waals surface area contributed by atoms with Crippen LogP contribution in [0.4, 0.5) is 10.5 Å². The lowest BCUT2D eigenvalue weighted by Crippen LogP contribution is -2.52. The van der Waals surface area contributed by atoms with Gasteiger partial charge in [0.15, 0.2) is 0 Å². The maximum absolute atomic E-state index is 12.6. The molecule has 0 saturated carbocycles. The molecule has 5 atom stereocenters. The number of hydrogen-bond donors (Lipinski definition) is 6. The summed E-state index contributed by atoms with van der Waals surface area (Å²) in [5, 5.41) is 14.3. The van der Waals surface area contributed by atoms with E-state index in [9.17, 15) is 81.5 Å². The number of aryl methyl sites for hydroxylation is 10. The van der Waals surface area contributed by atoms with Gasteiger partial charge in [-0.25, -0.2) is 4.79 Å². The van der Waals surface area contributed by atoms with Crippen molar-refractivity contribution in [3.63, 3.8) is 0 Å². The number of urea groups is 1. The smallest absolute Gasteiger partial charge is 0.328 e. The molecule has 0 spiro atoms. The van der Waals surface area contributed by atoms with Gasteiger partial charge in [-0.3, -0.25) is 114 Å². The predicted molar refractivity (Wildman–Crippen MR) is 436 cm³/mol. The molecule has 11 aliphatic heterocycles. The van der Waals surface area contributed by atoms with E-state index in [1.165, 1.54) is 14.7 Å².